The van der Waals surface area contributed by atoms with E-state index in [0.29, 0.717) is 22.7 Å². The van der Waals surface area contributed by atoms with Gasteiger partial charge in [-0.05, 0) is 46.3 Å². The second-order valence-electron chi connectivity index (χ2n) is 6.84. The minimum atomic E-state index is -0.454. The van der Waals surface area contributed by atoms with Gasteiger partial charge in [-0.25, -0.2) is 9.97 Å². The molecule has 0 radical (unpaired) electrons. The van der Waals surface area contributed by atoms with Crippen LogP contribution >= 0.6 is 11.6 Å². The molecule has 2 aromatic rings. The SMILES string of the molecule is CNCC(=Cc1[nH]nc2ncnc(Cl)c12)B1OC(C)(C)C(C)(C)O1. The van der Waals surface area contributed by atoms with E-state index in [1.54, 1.807) is 0 Å². The van der Waals surface area contributed by atoms with E-state index in [-0.39, 0.29) is 0 Å². The van der Waals surface area contributed by atoms with Crippen molar-refractivity contribution < 1.29 is 9.31 Å². The van der Waals surface area contributed by atoms with Crippen LogP contribution in [0.25, 0.3) is 17.1 Å². The van der Waals surface area contributed by atoms with E-state index < -0.39 is 18.3 Å². The fourth-order valence-electron chi connectivity index (χ4n) is 2.53. The highest BCUT2D eigenvalue weighted by Crippen LogP contribution is 2.39. The maximum absolute atomic E-state index is 6.20. The first kappa shape index (κ1) is 17.4. The zero-order valence-corrected chi connectivity index (χ0v) is 15.2. The third kappa shape index (κ3) is 2.95. The number of aromatic amines is 1. The fraction of sp³-hybridized carbons (Fsp3) is 0.533. The van der Waals surface area contributed by atoms with Gasteiger partial charge in [-0.15, -0.1) is 0 Å². The maximum atomic E-state index is 6.20. The zero-order valence-electron chi connectivity index (χ0n) is 14.5. The molecule has 1 aliphatic rings. The summed E-state index contributed by atoms with van der Waals surface area (Å²) in [5.41, 5.74) is 1.39. The fourth-order valence-corrected chi connectivity index (χ4v) is 2.76. The summed E-state index contributed by atoms with van der Waals surface area (Å²) in [6.07, 6.45) is 3.32. The van der Waals surface area contributed by atoms with Gasteiger partial charge in [0.15, 0.2) is 5.65 Å². The Hall–Kier alpha value is -1.48. The van der Waals surface area contributed by atoms with Crippen LogP contribution in [0.15, 0.2) is 11.8 Å². The van der Waals surface area contributed by atoms with Crippen molar-refractivity contribution in [2.24, 2.45) is 0 Å². The van der Waals surface area contributed by atoms with Gasteiger partial charge in [-0.2, -0.15) is 5.10 Å². The van der Waals surface area contributed by atoms with Crippen LogP contribution in [-0.4, -0.2) is 52.1 Å². The van der Waals surface area contributed by atoms with Crippen molar-refractivity contribution in [1.29, 1.82) is 0 Å². The van der Waals surface area contributed by atoms with Crippen LogP contribution in [0.4, 0.5) is 0 Å². The van der Waals surface area contributed by atoms with Gasteiger partial charge >= 0.3 is 7.12 Å². The molecule has 1 fully saturated rings. The van der Waals surface area contributed by atoms with Crippen LogP contribution in [0.2, 0.25) is 5.15 Å². The van der Waals surface area contributed by atoms with E-state index in [1.807, 2.05) is 40.8 Å². The molecule has 1 aliphatic heterocycles. The lowest BCUT2D eigenvalue weighted by atomic mass is 9.77. The Balaban J connectivity index is 2.01. The molecule has 3 rings (SSSR count). The van der Waals surface area contributed by atoms with Gasteiger partial charge in [0.25, 0.3) is 0 Å². The lowest BCUT2D eigenvalue weighted by molar-refractivity contribution is 0.00578. The van der Waals surface area contributed by atoms with Crippen LogP contribution < -0.4 is 5.32 Å². The van der Waals surface area contributed by atoms with Gasteiger partial charge in [0, 0.05) is 6.54 Å². The predicted octanol–water partition coefficient (Wildman–Crippen LogP) is 2.24. The molecule has 1 saturated heterocycles. The van der Waals surface area contributed by atoms with Gasteiger partial charge in [0.05, 0.1) is 22.3 Å². The Morgan fingerprint density at radius 2 is 1.96 bits per heavy atom. The molecule has 24 heavy (non-hydrogen) atoms. The van der Waals surface area contributed by atoms with E-state index in [4.69, 9.17) is 20.9 Å². The summed E-state index contributed by atoms with van der Waals surface area (Å²) >= 11 is 6.20. The molecule has 7 nitrogen and oxygen atoms in total. The quantitative estimate of drug-likeness (QED) is 0.650. The van der Waals surface area contributed by atoms with Crippen molar-refractivity contribution in [2.45, 2.75) is 38.9 Å². The number of likely N-dealkylation sites (N-methyl/N-ethyl adjacent to an activating group) is 1. The second-order valence-corrected chi connectivity index (χ2v) is 7.20. The molecule has 0 spiro atoms. The van der Waals surface area contributed by atoms with Crippen LogP contribution in [0, 0.1) is 0 Å². The topological polar surface area (TPSA) is 85.0 Å². The van der Waals surface area contributed by atoms with Crippen LogP contribution in [0.5, 0.6) is 0 Å². The van der Waals surface area contributed by atoms with E-state index in [9.17, 15) is 0 Å². The van der Waals surface area contributed by atoms with E-state index in [1.165, 1.54) is 6.33 Å². The van der Waals surface area contributed by atoms with Crippen molar-refractivity contribution in [1.82, 2.24) is 25.5 Å². The highest BCUT2D eigenvalue weighted by Gasteiger charge is 2.52. The first-order chi connectivity index (χ1) is 11.2. The van der Waals surface area contributed by atoms with E-state index in [0.717, 1.165) is 11.2 Å². The van der Waals surface area contributed by atoms with Gasteiger partial charge in [0.2, 0.25) is 0 Å². The summed E-state index contributed by atoms with van der Waals surface area (Å²) in [4.78, 5) is 8.14. The molecule has 0 atom stereocenters. The Bertz CT molecular complexity index is 773. The second kappa shape index (κ2) is 6.11. The molecule has 9 heteroatoms. The normalized spacial score (nSPS) is 20.1. The van der Waals surface area contributed by atoms with Gasteiger partial charge in [0.1, 0.15) is 11.5 Å². The monoisotopic (exact) mass is 349 g/mol. The van der Waals surface area contributed by atoms with E-state index in [2.05, 4.69) is 25.5 Å². The molecule has 0 bridgehead atoms. The largest absolute Gasteiger partial charge is 0.491 e. The molecule has 0 saturated carbocycles. The molecular formula is C15H21BClN5O2. The molecule has 0 amide bonds. The zero-order chi connectivity index (χ0) is 17.5. The standard InChI is InChI=1S/C15H21BClN5O2/c1-14(2)15(3,4)24-16(23-14)9(7-18-5)6-10-11-12(17)19-8-20-13(11)22-21-10/h6,8,18H,7H2,1-5H3,(H,19,20,21,22). The highest BCUT2D eigenvalue weighted by atomic mass is 35.5. The predicted molar refractivity (Wildman–Crippen MR) is 94.7 cm³/mol. The first-order valence-electron chi connectivity index (χ1n) is 7.80. The number of rotatable bonds is 4. The summed E-state index contributed by atoms with van der Waals surface area (Å²) in [6.45, 7) is 8.71. The van der Waals surface area contributed by atoms with Crippen molar-refractivity contribution in [3.63, 3.8) is 0 Å². The summed E-state index contributed by atoms with van der Waals surface area (Å²) in [7, 11) is 1.42. The van der Waals surface area contributed by atoms with Crippen LogP contribution in [0.1, 0.15) is 33.4 Å². The number of nitrogens with zero attached hydrogens (tertiary/aromatic N) is 3. The van der Waals surface area contributed by atoms with Gasteiger partial charge in [-0.3, -0.25) is 5.10 Å². The molecule has 3 heterocycles. The first-order valence-corrected chi connectivity index (χ1v) is 8.18. The van der Waals surface area contributed by atoms with Crippen molar-refractivity contribution in [2.75, 3.05) is 13.6 Å². The Labute approximate surface area is 146 Å². The van der Waals surface area contributed by atoms with Gasteiger partial charge in [-0.1, -0.05) is 11.6 Å². The molecule has 128 valence electrons. The summed E-state index contributed by atoms with van der Waals surface area (Å²) in [5.74, 6) is 0. The summed E-state index contributed by atoms with van der Waals surface area (Å²) < 4.78 is 12.3. The minimum absolute atomic E-state index is 0.359. The smallest absolute Gasteiger partial charge is 0.400 e. The lowest BCUT2D eigenvalue weighted by Crippen LogP contribution is -2.41. The van der Waals surface area contributed by atoms with Crippen molar-refractivity contribution >= 4 is 35.8 Å². The number of nitrogens with one attached hydrogen (secondary N) is 2. The number of halogens is 1. The number of hydrogen-bond donors (Lipinski definition) is 2. The Morgan fingerprint density at radius 3 is 2.58 bits per heavy atom. The van der Waals surface area contributed by atoms with Crippen LogP contribution in [-0.2, 0) is 9.31 Å². The third-order valence-electron chi connectivity index (χ3n) is 4.60. The van der Waals surface area contributed by atoms with Crippen LogP contribution in [0.3, 0.4) is 0 Å². The summed E-state index contributed by atoms with van der Waals surface area (Å²) in [5, 5.41) is 11.3. The van der Waals surface area contributed by atoms with Crippen molar-refractivity contribution in [3.05, 3.63) is 22.6 Å². The molecule has 0 unspecified atom stereocenters. The molecule has 2 aromatic heterocycles. The summed E-state index contributed by atoms with van der Waals surface area (Å²) in [6, 6.07) is 0. The number of H-pyrrole nitrogens is 1. The molecular weight excluding hydrogens is 328 g/mol. The maximum Gasteiger partial charge on any atom is 0.491 e. The molecule has 2 N–H and O–H groups in total. The van der Waals surface area contributed by atoms with Crippen molar-refractivity contribution in [3.8, 4) is 0 Å². The molecule has 0 aliphatic carbocycles. The number of aromatic nitrogens is 4. The Kier molecular flexibility index (Phi) is 4.42. The number of hydrogen-bond acceptors (Lipinski definition) is 6. The average molecular weight is 350 g/mol. The van der Waals surface area contributed by atoms with Gasteiger partial charge < -0.3 is 14.6 Å². The number of fused-ring (bicyclic) bond motifs is 1. The highest BCUT2D eigenvalue weighted by molar-refractivity contribution is 6.56. The third-order valence-corrected chi connectivity index (χ3v) is 4.89. The minimum Gasteiger partial charge on any atom is -0.400 e. The Morgan fingerprint density at radius 1 is 1.29 bits per heavy atom. The van der Waals surface area contributed by atoms with E-state index >= 15 is 0 Å². The average Bonchev–Trinajstić information content (AvgIpc) is 2.98. The molecule has 0 aromatic carbocycles. The lowest BCUT2D eigenvalue weighted by Gasteiger charge is -2.32.